The van der Waals surface area contributed by atoms with Crippen LogP contribution in [0.3, 0.4) is 0 Å². The molecule has 1 aliphatic carbocycles. The van der Waals surface area contributed by atoms with Crippen LogP contribution in [0.4, 0.5) is 5.82 Å². The van der Waals surface area contributed by atoms with Gasteiger partial charge in [0.15, 0.2) is 0 Å². The van der Waals surface area contributed by atoms with Gasteiger partial charge in [0.2, 0.25) is 5.91 Å². The van der Waals surface area contributed by atoms with E-state index >= 15 is 0 Å². The number of para-hydroxylation sites is 1. The molecule has 0 aliphatic heterocycles. The van der Waals surface area contributed by atoms with Crippen molar-refractivity contribution < 1.29 is 4.79 Å². The lowest BCUT2D eigenvalue weighted by atomic mass is 10.2. The highest BCUT2D eigenvalue weighted by atomic mass is 16.2. The highest BCUT2D eigenvalue weighted by Crippen LogP contribution is 2.38. The van der Waals surface area contributed by atoms with Crippen LogP contribution >= 0.6 is 0 Å². The highest BCUT2D eigenvalue weighted by molar-refractivity contribution is 5.94. The van der Waals surface area contributed by atoms with Crippen molar-refractivity contribution in [3.63, 3.8) is 0 Å². The van der Waals surface area contributed by atoms with Crippen molar-refractivity contribution in [3.8, 4) is 0 Å². The Labute approximate surface area is 99.9 Å². The molecule has 1 aromatic heterocycles. The molecule has 1 aromatic carbocycles. The summed E-state index contributed by atoms with van der Waals surface area (Å²) in [6.07, 6.45) is 0.999. The van der Waals surface area contributed by atoms with E-state index in [1.807, 2.05) is 36.4 Å². The Bertz CT molecular complexity index is 579. The molecule has 2 atom stereocenters. The second-order valence-corrected chi connectivity index (χ2v) is 4.70. The van der Waals surface area contributed by atoms with Crippen molar-refractivity contribution >= 4 is 22.6 Å². The quantitative estimate of drug-likeness (QED) is 0.855. The summed E-state index contributed by atoms with van der Waals surface area (Å²) in [4.78, 5) is 16.2. The van der Waals surface area contributed by atoms with E-state index < -0.39 is 0 Å². The summed E-state index contributed by atoms with van der Waals surface area (Å²) >= 11 is 0. The van der Waals surface area contributed by atoms with Gasteiger partial charge in [-0.3, -0.25) is 4.79 Å². The number of hydrogen-bond donors (Lipinski definition) is 1. The Morgan fingerprint density at radius 3 is 2.82 bits per heavy atom. The Balaban J connectivity index is 1.83. The Morgan fingerprint density at radius 1 is 1.29 bits per heavy atom. The number of fused-ring (bicyclic) bond motifs is 1. The topological polar surface area (TPSA) is 42.0 Å². The number of nitrogens with one attached hydrogen (secondary N) is 1. The number of rotatable bonds is 2. The summed E-state index contributed by atoms with van der Waals surface area (Å²) in [6, 6.07) is 11.7. The first-order valence-electron chi connectivity index (χ1n) is 5.91. The second-order valence-electron chi connectivity index (χ2n) is 4.70. The maximum absolute atomic E-state index is 11.8. The molecule has 2 unspecified atom stereocenters. The second kappa shape index (κ2) is 3.84. The number of anilines is 1. The largest absolute Gasteiger partial charge is 0.310 e. The monoisotopic (exact) mass is 226 g/mol. The number of aromatic nitrogens is 1. The number of benzene rings is 1. The van der Waals surface area contributed by atoms with Crippen LogP contribution in [0.5, 0.6) is 0 Å². The van der Waals surface area contributed by atoms with Gasteiger partial charge < -0.3 is 5.32 Å². The van der Waals surface area contributed by atoms with Gasteiger partial charge in [0.05, 0.1) is 5.52 Å². The van der Waals surface area contributed by atoms with Crippen LogP contribution in [0.25, 0.3) is 10.9 Å². The van der Waals surface area contributed by atoms with Crippen LogP contribution in [0, 0.1) is 11.8 Å². The minimum absolute atomic E-state index is 0.0975. The molecule has 1 heterocycles. The van der Waals surface area contributed by atoms with E-state index in [-0.39, 0.29) is 11.8 Å². The fraction of sp³-hybridized carbons (Fsp3) is 0.286. The smallest absolute Gasteiger partial charge is 0.228 e. The zero-order chi connectivity index (χ0) is 11.8. The molecule has 3 rings (SSSR count). The van der Waals surface area contributed by atoms with Crippen molar-refractivity contribution in [1.29, 1.82) is 0 Å². The molecule has 0 saturated heterocycles. The SMILES string of the molecule is CC1CC1C(=O)Nc1ccc2ccccc2n1. The molecule has 0 bridgehead atoms. The van der Waals surface area contributed by atoms with E-state index in [1.54, 1.807) is 0 Å². The molecule has 0 radical (unpaired) electrons. The van der Waals surface area contributed by atoms with Gasteiger partial charge in [-0.25, -0.2) is 4.98 Å². The van der Waals surface area contributed by atoms with E-state index in [1.165, 1.54) is 0 Å². The van der Waals surface area contributed by atoms with Crippen molar-refractivity contribution in [1.82, 2.24) is 4.98 Å². The minimum atomic E-state index is 0.0975. The van der Waals surface area contributed by atoms with E-state index in [0.717, 1.165) is 17.3 Å². The van der Waals surface area contributed by atoms with Crippen LogP contribution in [-0.4, -0.2) is 10.9 Å². The average Bonchev–Trinajstić information content (AvgIpc) is 3.06. The molecule has 86 valence electrons. The maximum atomic E-state index is 11.8. The van der Waals surface area contributed by atoms with Gasteiger partial charge in [-0.1, -0.05) is 25.1 Å². The minimum Gasteiger partial charge on any atom is -0.310 e. The number of hydrogen-bond acceptors (Lipinski definition) is 2. The van der Waals surface area contributed by atoms with Gasteiger partial charge in [-0.15, -0.1) is 0 Å². The van der Waals surface area contributed by atoms with E-state index in [0.29, 0.717) is 11.7 Å². The zero-order valence-electron chi connectivity index (χ0n) is 9.68. The van der Waals surface area contributed by atoms with Crippen LogP contribution in [0.15, 0.2) is 36.4 Å². The number of amides is 1. The van der Waals surface area contributed by atoms with E-state index in [4.69, 9.17) is 0 Å². The third-order valence-electron chi connectivity index (χ3n) is 3.30. The summed E-state index contributed by atoms with van der Waals surface area (Å²) in [5.74, 6) is 1.45. The maximum Gasteiger partial charge on any atom is 0.228 e. The lowest BCUT2D eigenvalue weighted by Gasteiger charge is -2.04. The molecule has 3 heteroatoms. The molecular formula is C14H14N2O. The van der Waals surface area contributed by atoms with Crippen molar-refractivity contribution in [2.24, 2.45) is 11.8 Å². The first kappa shape index (κ1) is 10.3. The van der Waals surface area contributed by atoms with Crippen molar-refractivity contribution in [2.45, 2.75) is 13.3 Å². The number of carbonyl (C=O) groups excluding carboxylic acids is 1. The van der Waals surface area contributed by atoms with Gasteiger partial charge in [-0.05, 0) is 30.5 Å². The summed E-state index contributed by atoms with van der Waals surface area (Å²) in [5, 5.41) is 3.96. The molecule has 17 heavy (non-hydrogen) atoms. The first-order chi connectivity index (χ1) is 8.24. The lowest BCUT2D eigenvalue weighted by Crippen LogP contribution is -2.15. The fourth-order valence-corrected chi connectivity index (χ4v) is 2.04. The van der Waals surface area contributed by atoms with Gasteiger partial charge in [-0.2, -0.15) is 0 Å². The van der Waals surface area contributed by atoms with E-state index in [2.05, 4.69) is 17.2 Å². The first-order valence-corrected chi connectivity index (χ1v) is 5.91. The van der Waals surface area contributed by atoms with Crippen LogP contribution in [0.1, 0.15) is 13.3 Å². The van der Waals surface area contributed by atoms with Gasteiger partial charge >= 0.3 is 0 Å². The van der Waals surface area contributed by atoms with Crippen molar-refractivity contribution in [2.75, 3.05) is 5.32 Å². The average molecular weight is 226 g/mol. The molecule has 1 aliphatic rings. The Hall–Kier alpha value is -1.90. The van der Waals surface area contributed by atoms with Gasteiger partial charge in [0.25, 0.3) is 0 Å². The molecule has 1 fully saturated rings. The fourth-order valence-electron chi connectivity index (χ4n) is 2.04. The molecule has 1 N–H and O–H groups in total. The van der Waals surface area contributed by atoms with Gasteiger partial charge in [0, 0.05) is 11.3 Å². The summed E-state index contributed by atoms with van der Waals surface area (Å²) in [5.41, 5.74) is 0.911. The molecule has 1 saturated carbocycles. The van der Waals surface area contributed by atoms with Gasteiger partial charge in [0.1, 0.15) is 5.82 Å². The molecule has 0 spiro atoms. The molecule has 1 amide bonds. The van der Waals surface area contributed by atoms with Crippen molar-refractivity contribution in [3.05, 3.63) is 36.4 Å². The number of nitrogens with zero attached hydrogens (tertiary/aromatic N) is 1. The molecular weight excluding hydrogens is 212 g/mol. The Morgan fingerprint density at radius 2 is 2.06 bits per heavy atom. The third-order valence-corrected chi connectivity index (χ3v) is 3.30. The van der Waals surface area contributed by atoms with Crippen LogP contribution in [0.2, 0.25) is 0 Å². The van der Waals surface area contributed by atoms with Crippen LogP contribution in [-0.2, 0) is 4.79 Å². The predicted octanol–water partition coefficient (Wildman–Crippen LogP) is 2.83. The summed E-state index contributed by atoms with van der Waals surface area (Å²) in [7, 11) is 0. The lowest BCUT2D eigenvalue weighted by molar-refractivity contribution is -0.117. The predicted molar refractivity (Wildman–Crippen MR) is 67.6 cm³/mol. The Kier molecular flexibility index (Phi) is 2.32. The molecule has 2 aromatic rings. The number of carbonyl (C=O) groups is 1. The molecule has 3 nitrogen and oxygen atoms in total. The highest BCUT2D eigenvalue weighted by Gasteiger charge is 2.39. The normalized spacial score (nSPS) is 22.4. The summed E-state index contributed by atoms with van der Waals surface area (Å²) in [6.45, 7) is 2.10. The van der Waals surface area contributed by atoms with E-state index in [9.17, 15) is 4.79 Å². The zero-order valence-corrected chi connectivity index (χ0v) is 9.68. The standard InChI is InChI=1S/C14H14N2O/c1-9-8-11(9)14(17)16-13-7-6-10-4-2-3-5-12(10)15-13/h2-7,9,11H,8H2,1H3,(H,15,16,17). The van der Waals surface area contributed by atoms with Crippen LogP contribution < -0.4 is 5.32 Å². The third kappa shape index (κ3) is 2.00. The number of pyridine rings is 1. The summed E-state index contributed by atoms with van der Waals surface area (Å²) < 4.78 is 0.